The van der Waals surface area contributed by atoms with Gasteiger partial charge in [0, 0.05) is 6.54 Å². The lowest BCUT2D eigenvalue weighted by molar-refractivity contribution is 0.634. The number of nitrogens with two attached hydrogens (primary N) is 1. The molecule has 76 valence electrons. The lowest BCUT2D eigenvalue weighted by Crippen LogP contribution is -2.11. The quantitative estimate of drug-likeness (QED) is 0.678. The molecule has 1 heterocycles. The standard InChI is InChI=1S/C11H17N3/c1-5-14-10(4)11(9(3)13-14)7-6-8(2)12/h8H,5,12H2,1-4H3. The zero-order valence-corrected chi connectivity index (χ0v) is 9.26. The normalized spacial score (nSPS) is 12.1. The van der Waals surface area contributed by atoms with Crippen molar-refractivity contribution in [3.05, 3.63) is 17.0 Å². The fourth-order valence-corrected chi connectivity index (χ4v) is 1.37. The fourth-order valence-electron chi connectivity index (χ4n) is 1.37. The van der Waals surface area contributed by atoms with Crippen LogP contribution in [0.25, 0.3) is 0 Å². The number of hydrogen-bond donors (Lipinski definition) is 1. The summed E-state index contributed by atoms with van der Waals surface area (Å²) in [5.41, 5.74) is 8.70. The topological polar surface area (TPSA) is 43.8 Å². The van der Waals surface area contributed by atoms with Crippen LogP contribution in [0.4, 0.5) is 0 Å². The molecule has 1 unspecified atom stereocenters. The molecule has 0 amide bonds. The summed E-state index contributed by atoms with van der Waals surface area (Å²) in [5.74, 6) is 6.03. The van der Waals surface area contributed by atoms with Crippen molar-refractivity contribution in [2.45, 2.75) is 40.3 Å². The van der Waals surface area contributed by atoms with Crippen LogP contribution in [-0.4, -0.2) is 15.8 Å². The molecule has 1 aromatic rings. The first-order chi connectivity index (χ1) is 6.56. The zero-order valence-electron chi connectivity index (χ0n) is 9.26. The van der Waals surface area contributed by atoms with Crippen molar-refractivity contribution in [1.82, 2.24) is 9.78 Å². The second-order valence-electron chi connectivity index (χ2n) is 3.42. The van der Waals surface area contributed by atoms with Crippen LogP contribution in [0.2, 0.25) is 0 Å². The summed E-state index contributed by atoms with van der Waals surface area (Å²) in [6.07, 6.45) is 0. The minimum atomic E-state index is -0.0845. The Kier molecular flexibility index (Phi) is 3.32. The fraction of sp³-hybridized carbons (Fsp3) is 0.545. The third-order valence-corrected chi connectivity index (χ3v) is 2.11. The summed E-state index contributed by atoms with van der Waals surface area (Å²) >= 11 is 0. The van der Waals surface area contributed by atoms with Gasteiger partial charge in [0.05, 0.1) is 23.0 Å². The van der Waals surface area contributed by atoms with Crippen LogP contribution in [-0.2, 0) is 6.54 Å². The van der Waals surface area contributed by atoms with Gasteiger partial charge in [-0.05, 0) is 27.7 Å². The second kappa shape index (κ2) is 4.30. The molecule has 1 aromatic heterocycles. The van der Waals surface area contributed by atoms with Gasteiger partial charge in [0.15, 0.2) is 0 Å². The van der Waals surface area contributed by atoms with E-state index in [1.807, 2.05) is 25.5 Å². The molecule has 1 atom stereocenters. The van der Waals surface area contributed by atoms with Gasteiger partial charge in [0.2, 0.25) is 0 Å². The van der Waals surface area contributed by atoms with Gasteiger partial charge in [-0.2, -0.15) is 5.10 Å². The average Bonchev–Trinajstić information content (AvgIpc) is 2.39. The SMILES string of the molecule is CCn1nc(C)c(C#CC(C)N)c1C. The summed E-state index contributed by atoms with van der Waals surface area (Å²) in [5, 5.41) is 4.38. The van der Waals surface area contributed by atoms with Crippen LogP contribution in [0.3, 0.4) is 0 Å². The van der Waals surface area contributed by atoms with Crippen LogP contribution >= 0.6 is 0 Å². The van der Waals surface area contributed by atoms with Crippen molar-refractivity contribution in [2.24, 2.45) is 5.73 Å². The van der Waals surface area contributed by atoms with Crippen LogP contribution < -0.4 is 5.73 Å². The summed E-state index contributed by atoms with van der Waals surface area (Å²) in [7, 11) is 0. The zero-order chi connectivity index (χ0) is 10.7. The number of aryl methyl sites for hydroxylation is 2. The summed E-state index contributed by atoms with van der Waals surface area (Å²) < 4.78 is 1.96. The third kappa shape index (κ3) is 2.15. The number of nitrogens with zero attached hydrogens (tertiary/aromatic N) is 2. The number of aromatic nitrogens is 2. The molecule has 0 aromatic carbocycles. The van der Waals surface area contributed by atoms with E-state index in [1.54, 1.807) is 0 Å². The second-order valence-corrected chi connectivity index (χ2v) is 3.42. The van der Waals surface area contributed by atoms with Crippen molar-refractivity contribution < 1.29 is 0 Å². The summed E-state index contributed by atoms with van der Waals surface area (Å²) in [6, 6.07) is -0.0845. The van der Waals surface area contributed by atoms with E-state index in [-0.39, 0.29) is 6.04 Å². The van der Waals surface area contributed by atoms with Crippen LogP contribution in [0, 0.1) is 25.7 Å². The first kappa shape index (κ1) is 10.8. The summed E-state index contributed by atoms with van der Waals surface area (Å²) in [6.45, 7) is 8.84. The van der Waals surface area contributed by atoms with Crippen molar-refractivity contribution in [3.63, 3.8) is 0 Å². The van der Waals surface area contributed by atoms with Gasteiger partial charge < -0.3 is 5.73 Å². The highest BCUT2D eigenvalue weighted by molar-refractivity contribution is 5.41. The maximum atomic E-state index is 5.58. The van der Waals surface area contributed by atoms with Crippen LogP contribution in [0.1, 0.15) is 30.8 Å². The molecular formula is C11H17N3. The lowest BCUT2D eigenvalue weighted by Gasteiger charge is -1.97. The predicted molar refractivity (Wildman–Crippen MR) is 57.9 cm³/mol. The largest absolute Gasteiger partial charge is 0.318 e. The molecule has 0 aliphatic rings. The first-order valence-electron chi connectivity index (χ1n) is 4.87. The molecule has 0 saturated carbocycles. The minimum absolute atomic E-state index is 0.0845. The molecule has 0 bridgehead atoms. The first-order valence-corrected chi connectivity index (χ1v) is 4.87. The van der Waals surface area contributed by atoms with Crippen molar-refractivity contribution in [3.8, 4) is 11.8 Å². The lowest BCUT2D eigenvalue weighted by atomic mass is 10.2. The Balaban J connectivity index is 3.10. The molecule has 14 heavy (non-hydrogen) atoms. The maximum Gasteiger partial charge on any atom is 0.0753 e. The van der Waals surface area contributed by atoms with Crippen molar-refractivity contribution >= 4 is 0 Å². The van der Waals surface area contributed by atoms with E-state index >= 15 is 0 Å². The Hall–Kier alpha value is -1.27. The van der Waals surface area contributed by atoms with E-state index in [9.17, 15) is 0 Å². The van der Waals surface area contributed by atoms with Gasteiger partial charge in [0.1, 0.15) is 0 Å². The highest BCUT2D eigenvalue weighted by atomic mass is 15.3. The van der Waals surface area contributed by atoms with Crippen LogP contribution in [0.15, 0.2) is 0 Å². The molecule has 0 spiro atoms. The average molecular weight is 191 g/mol. The number of rotatable bonds is 1. The van der Waals surface area contributed by atoms with Gasteiger partial charge in [-0.15, -0.1) is 0 Å². The molecule has 0 aliphatic carbocycles. The third-order valence-electron chi connectivity index (χ3n) is 2.11. The van der Waals surface area contributed by atoms with Gasteiger partial charge in [-0.1, -0.05) is 11.8 Å². The van der Waals surface area contributed by atoms with Crippen molar-refractivity contribution in [2.75, 3.05) is 0 Å². The molecule has 3 heteroatoms. The molecule has 0 fully saturated rings. The predicted octanol–water partition coefficient (Wildman–Crippen LogP) is 1.22. The minimum Gasteiger partial charge on any atom is -0.318 e. The van der Waals surface area contributed by atoms with E-state index in [4.69, 9.17) is 5.73 Å². The van der Waals surface area contributed by atoms with Gasteiger partial charge in [-0.3, -0.25) is 4.68 Å². The summed E-state index contributed by atoms with van der Waals surface area (Å²) in [4.78, 5) is 0. The van der Waals surface area contributed by atoms with E-state index in [0.717, 1.165) is 23.5 Å². The van der Waals surface area contributed by atoms with E-state index in [1.165, 1.54) is 0 Å². The van der Waals surface area contributed by atoms with Gasteiger partial charge >= 0.3 is 0 Å². The van der Waals surface area contributed by atoms with Gasteiger partial charge in [-0.25, -0.2) is 0 Å². The molecule has 2 N–H and O–H groups in total. The number of hydrogen-bond acceptors (Lipinski definition) is 2. The Bertz CT molecular complexity index is 377. The molecule has 0 radical (unpaired) electrons. The van der Waals surface area contributed by atoms with E-state index in [0.29, 0.717) is 0 Å². The Morgan fingerprint density at radius 3 is 2.57 bits per heavy atom. The smallest absolute Gasteiger partial charge is 0.0753 e. The Morgan fingerprint density at radius 1 is 1.50 bits per heavy atom. The Morgan fingerprint density at radius 2 is 2.14 bits per heavy atom. The highest BCUT2D eigenvalue weighted by Gasteiger charge is 2.07. The molecule has 1 rings (SSSR count). The van der Waals surface area contributed by atoms with E-state index in [2.05, 4.69) is 23.9 Å². The highest BCUT2D eigenvalue weighted by Crippen LogP contribution is 2.10. The Labute approximate surface area is 85.3 Å². The molecule has 0 saturated heterocycles. The van der Waals surface area contributed by atoms with Crippen LogP contribution in [0.5, 0.6) is 0 Å². The molecule has 3 nitrogen and oxygen atoms in total. The van der Waals surface area contributed by atoms with E-state index < -0.39 is 0 Å². The maximum absolute atomic E-state index is 5.58. The van der Waals surface area contributed by atoms with Crippen molar-refractivity contribution in [1.29, 1.82) is 0 Å². The molecule has 0 aliphatic heterocycles. The monoisotopic (exact) mass is 191 g/mol. The molecular weight excluding hydrogens is 174 g/mol. The van der Waals surface area contributed by atoms with Gasteiger partial charge in [0.25, 0.3) is 0 Å².